The molecule has 168 valence electrons. The number of nitrogens with zero attached hydrogens (tertiary/aromatic N) is 2. The fourth-order valence-corrected chi connectivity index (χ4v) is 4.10. The smallest absolute Gasteiger partial charge is 0.258 e. The molecule has 1 aliphatic rings. The number of nitrogens with one attached hydrogen (secondary N) is 1. The number of carbonyl (C=O) groups excluding carboxylic acids is 1. The fourth-order valence-electron chi connectivity index (χ4n) is 3.59. The summed E-state index contributed by atoms with van der Waals surface area (Å²) in [6.07, 6.45) is 3.67. The highest BCUT2D eigenvalue weighted by Gasteiger charge is 2.16. The van der Waals surface area contributed by atoms with Gasteiger partial charge in [-0.05, 0) is 60.7 Å². The lowest BCUT2D eigenvalue weighted by atomic mass is 9.99. The first kappa shape index (κ1) is 22.9. The van der Waals surface area contributed by atoms with Gasteiger partial charge in [-0.15, -0.1) is 0 Å². The molecule has 31 heavy (non-hydrogen) atoms. The van der Waals surface area contributed by atoms with E-state index in [9.17, 15) is 13.2 Å². The summed E-state index contributed by atoms with van der Waals surface area (Å²) < 4.78 is 29.8. The number of hydrogen-bond donors (Lipinski definition) is 1. The Bertz CT molecular complexity index is 975. The van der Waals surface area contributed by atoms with Crippen molar-refractivity contribution in [3.05, 3.63) is 54.1 Å². The van der Waals surface area contributed by atoms with Crippen LogP contribution in [0.4, 0.5) is 11.4 Å². The molecule has 1 amide bonds. The average Bonchev–Trinajstić information content (AvgIpc) is 2.76. The number of anilines is 2. The molecule has 1 fully saturated rings. The van der Waals surface area contributed by atoms with E-state index in [0.717, 1.165) is 30.8 Å². The van der Waals surface area contributed by atoms with E-state index in [2.05, 4.69) is 29.3 Å². The Labute approximate surface area is 185 Å². The summed E-state index contributed by atoms with van der Waals surface area (Å²) in [7, 11) is -1.83. The minimum Gasteiger partial charge on any atom is -0.484 e. The number of piperidine rings is 1. The number of ether oxygens (including phenoxy) is 1. The van der Waals surface area contributed by atoms with Gasteiger partial charge in [0.25, 0.3) is 5.91 Å². The van der Waals surface area contributed by atoms with E-state index in [4.69, 9.17) is 4.74 Å². The molecule has 0 aromatic heterocycles. The molecule has 1 heterocycles. The van der Waals surface area contributed by atoms with Crippen molar-refractivity contribution in [2.45, 2.75) is 26.3 Å². The number of sulfonamides is 1. The molecular formula is C23H31N3O4S. The highest BCUT2D eigenvalue weighted by molar-refractivity contribution is 7.92. The third-order valence-electron chi connectivity index (χ3n) is 5.52. The molecule has 0 saturated carbocycles. The van der Waals surface area contributed by atoms with Crippen LogP contribution in [0, 0.1) is 5.92 Å². The molecule has 8 heteroatoms. The van der Waals surface area contributed by atoms with Crippen LogP contribution in [-0.4, -0.2) is 47.3 Å². The summed E-state index contributed by atoms with van der Waals surface area (Å²) in [4.78, 5) is 14.5. The molecule has 1 N–H and O–H groups in total. The highest BCUT2D eigenvalue weighted by atomic mass is 32.2. The van der Waals surface area contributed by atoms with Gasteiger partial charge in [0.2, 0.25) is 10.0 Å². The number of carbonyl (C=O) groups is 1. The SMILES string of the molecule is C[C@@H]1CCCN(c2ccc(CNC(=O)COc3ccc(N(C)S(C)(=O)=O)cc3)cc2)C1. The molecule has 0 unspecified atom stereocenters. The van der Waals surface area contributed by atoms with Gasteiger partial charge in [-0.2, -0.15) is 0 Å². The number of hydrogen-bond acceptors (Lipinski definition) is 5. The van der Waals surface area contributed by atoms with E-state index in [1.165, 1.54) is 29.9 Å². The van der Waals surface area contributed by atoms with Crippen LogP contribution >= 0.6 is 0 Å². The van der Waals surface area contributed by atoms with Crippen molar-refractivity contribution in [3.63, 3.8) is 0 Å². The van der Waals surface area contributed by atoms with Gasteiger partial charge in [0, 0.05) is 32.4 Å². The summed E-state index contributed by atoms with van der Waals surface area (Å²) in [5.41, 5.74) is 2.80. The zero-order chi connectivity index (χ0) is 22.4. The van der Waals surface area contributed by atoms with Gasteiger partial charge in [-0.1, -0.05) is 19.1 Å². The zero-order valence-electron chi connectivity index (χ0n) is 18.4. The lowest BCUT2D eigenvalue weighted by Gasteiger charge is -2.32. The lowest BCUT2D eigenvalue weighted by molar-refractivity contribution is -0.123. The van der Waals surface area contributed by atoms with E-state index >= 15 is 0 Å². The Hall–Kier alpha value is -2.74. The third kappa shape index (κ3) is 6.62. The van der Waals surface area contributed by atoms with Gasteiger partial charge in [0.05, 0.1) is 11.9 Å². The van der Waals surface area contributed by atoms with Gasteiger partial charge < -0.3 is 15.0 Å². The Kier molecular flexibility index (Phi) is 7.43. The Morgan fingerprint density at radius 2 is 1.84 bits per heavy atom. The highest BCUT2D eigenvalue weighted by Crippen LogP contribution is 2.23. The molecule has 0 aliphatic carbocycles. The Morgan fingerprint density at radius 1 is 1.16 bits per heavy atom. The van der Waals surface area contributed by atoms with Crippen molar-refractivity contribution < 1.29 is 17.9 Å². The van der Waals surface area contributed by atoms with Crippen LogP contribution in [0.5, 0.6) is 5.75 Å². The van der Waals surface area contributed by atoms with Gasteiger partial charge in [-0.3, -0.25) is 9.10 Å². The topological polar surface area (TPSA) is 79.0 Å². The van der Waals surface area contributed by atoms with Crippen molar-refractivity contribution >= 4 is 27.3 Å². The van der Waals surface area contributed by atoms with E-state index in [1.54, 1.807) is 24.3 Å². The molecule has 0 radical (unpaired) electrons. The molecule has 0 spiro atoms. The zero-order valence-corrected chi connectivity index (χ0v) is 19.2. The summed E-state index contributed by atoms with van der Waals surface area (Å²) in [5.74, 6) is 1.01. The quantitative estimate of drug-likeness (QED) is 0.676. The minimum absolute atomic E-state index is 0.106. The molecule has 3 rings (SSSR count). The van der Waals surface area contributed by atoms with Crippen molar-refractivity contribution in [2.24, 2.45) is 5.92 Å². The molecule has 0 bridgehead atoms. The van der Waals surface area contributed by atoms with Crippen LogP contribution in [-0.2, 0) is 21.4 Å². The van der Waals surface area contributed by atoms with E-state index in [0.29, 0.717) is 18.0 Å². The van der Waals surface area contributed by atoms with E-state index in [-0.39, 0.29) is 12.5 Å². The summed E-state index contributed by atoms with van der Waals surface area (Å²) in [6.45, 7) is 4.82. The molecular weight excluding hydrogens is 414 g/mol. The van der Waals surface area contributed by atoms with Crippen LogP contribution in [0.15, 0.2) is 48.5 Å². The normalized spacial score (nSPS) is 16.6. The molecule has 1 saturated heterocycles. The Morgan fingerprint density at radius 3 is 2.45 bits per heavy atom. The first-order chi connectivity index (χ1) is 14.7. The summed E-state index contributed by atoms with van der Waals surface area (Å²) in [5, 5.41) is 2.86. The van der Waals surface area contributed by atoms with Crippen molar-refractivity contribution in [1.82, 2.24) is 5.32 Å². The monoisotopic (exact) mass is 445 g/mol. The van der Waals surface area contributed by atoms with Crippen LogP contribution in [0.2, 0.25) is 0 Å². The van der Waals surface area contributed by atoms with Crippen molar-refractivity contribution in [3.8, 4) is 5.75 Å². The number of benzene rings is 2. The maximum Gasteiger partial charge on any atom is 0.258 e. The van der Waals surface area contributed by atoms with Gasteiger partial charge in [-0.25, -0.2) is 8.42 Å². The largest absolute Gasteiger partial charge is 0.484 e. The van der Waals surface area contributed by atoms with Crippen LogP contribution in [0.3, 0.4) is 0 Å². The Balaban J connectivity index is 1.44. The van der Waals surface area contributed by atoms with Gasteiger partial charge in [0.15, 0.2) is 6.61 Å². The predicted molar refractivity (Wildman–Crippen MR) is 124 cm³/mol. The van der Waals surface area contributed by atoms with Gasteiger partial charge >= 0.3 is 0 Å². The standard InChI is InChI=1S/C23H31N3O4S/c1-18-5-4-14-26(16-18)21-8-6-19(7-9-21)15-24-23(27)17-30-22-12-10-20(11-13-22)25(2)31(3,28)29/h6-13,18H,4-5,14-17H2,1-3H3,(H,24,27)/t18-/m1/s1. The maximum atomic E-state index is 12.1. The predicted octanol–water partition coefficient (Wildman–Crippen LogP) is 3.01. The third-order valence-corrected chi connectivity index (χ3v) is 6.72. The number of amides is 1. The van der Waals surface area contributed by atoms with Crippen LogP contribution < -0.4 is 19.3 Å². The first-order valence-electron chi connectivity index (χ1n) is 10.5. The second-order valence-corrected chi connectivity index (χ2v) is 10.2. The second kappa shape index (κ2) is 10.0. The molecule has 1 atom stereocenters. The molecule has 2 aromatic rings. The van der Waals surface area contributed by atoms with Crippen molar-refractivity contribution in [2.75, 3.05) is 42.2 Å². The second-order valence-electron chi connectivity index (χ2n) is 8.15. The number of rotatable bonds is 8. The van der Waals surface area contributed by atoms with Gasteiger partial charge in [0.1, 0.15) is 5.75 Å². The van der Waals surface area contributed by atoms with Crippen molar-refractivity contribution in [1.29, 1.82) is 0 Å². The summed E-state index contributed by atoms with van der Waals surface area (Å²) >= 11 is 0. The minimum atomic E-state index is -3.31. The lowest BCUT2D eigenvalue weighted by Crippen LogP contribution is -2.34. The van der Waals surface area contributed by atoms with Crippen LogP contribution in [0.25, 0.3) is 0 Å². The summed E-state index contributed by atoms with van der Waals surface area (Å²) in [6, 6.07) is 14.9. The molecule has 2 aromatic carbocycles. The van der Waals surface area contributed by atoms with E-state index < -0.39 is 10.0 Å². The van der Waals surface area contributed by atoms with Crippen LogP contribution in [0.1, 0.15) is 25.3 Å². The average molecular weight is 446 g/mol. The fraction of sp³-hybridized carbons (Fsp3) is 0.435. The molecule has 1 aliphatic heterocycles. The molecule has 7 nitrogen and oxygen atoms in total. The van der Waals surface area contributed by atoms with E-state index in [1.807, 2.05) is 12.1 Å². The first-order valence-corrected chi connectivity index (χ1v) is 12.3. The maximum absolute atomic E-state index is 12.1.